The molecule has 58 heavy (non-hydrogen) atoms. The highest BCUT2D eigenvalue weighted by Crippen LogP contribution is 2.69. The van der Waals surface area contributed by atoms with Crippen molar-refractivity contribution in [3.8, 4) is 0 Å². The van der Waals surface area contributed by atoms with Gasteiger partial charge in [-0.2, -0.15) is 0 Å². The van der Waals surface area contributed by atoms with Crippen molar-refractivity contribution in [2.45, 2.75) is 150 Å². The van der Waals surface area contributed by atoms with Gasteiger partial charge in [0.05, 0.1) is 39.9 Å². The molecule has 12 atom stereocenters. The fourth-order valence-electron chi connectivity index (χ4n) is 11.2. The Morgan fingerprint density at radius 1 is 0.862 bits per heavy atom. The van der Waals surface area contributed by atoms with E-state index in [2.05, 4.69) is 31.4 Å². The maximum absolute atomic E-state index is 13.7. The maximum atomic E-state index is 13.7. The molecular formula is C42H59I3N2O11. The van der Waals surface area contributed by atoms with Gasteiger partial charge in [0, 0.05) is 27.2 Å². The van der Waals surface area contributed by atoms with Crippen molar-refractivity contribution in [1.29, 1.82) is 0 Å². The van der Waals surface area contributed by atoms with E-state index in [-0.39, 0.29) is 77.1 Å². The zero-order valence-electron chi connectivity index (χ0n) is 34.8. The number of carbonyl (C=O) groups is 5. The Kier molecular flexibility index (Phi) is 14.6. The Morgan fingerprint density at radius 3 is 2.00 bits per heavy atom. The Labute approximate surface area is 382 Å². The number of halogens is 3. The minimum atomic E-state index is -1.88. The molecule has 0 spiro atoms. The Bertz CT molecular complexity index is 1780. The van der Waals surface area contributed by atoms with Crippen LogP contribution in [0.2, 0.25) is 0 Å². The van der Waals surface area contributed by atoms with Crippen LogP contribution in [0.1, 0.15) is 130 Å². The average Bonchev–Trinajstić information content (AvgIpc) is 3.46. The van der Waals surface area contributed by atoms with Gasteiger partial charge in [0.1, 0.15) is 5.60 Å². The predicted octanol–water partition coefficient (Wildman–Crippen LogP) is 7.55. The monoisotopic (exact) mass is 1150 g/mol. The summed E-state index contributed by atoms with van der Waals surface area (Å²) in [4.78, 5) is 64.0. The molecule has 2 amide bonds. The number of esters is 3. The van der Waals surface area contributed by atoms with Crippen LogP contribution in [0, 0.1) is 57.0 Å². The van der Waals surface area contributed by atoms with E-state index in [4.69, 9.17) is 14.2 Å². The lowest BCUT2D eigenvalue weighted by atomic mass is 9.42. The summed E-state index contributed by atoms with van der Waals surface area (Å²) in [6, 6.07) is 0. The number of ether oxygens (including phenoxy) is 3. The second kappa shape index (κ2) is 17.8. The molecule has 324 valence electrons. The average molecular weight is 1150 g/mol. The molecule has 0 heterocycles. The van der Waals surface area contributed by atoms with Gasteiger partial charge >= 0.3 is 17.9 Å². The molecule has 4 aliphatic rings. The lowest BCUT2D eigenvalue weighted by Crippen LogP contribution is -2.64. The second-order valence-electron chi connectivity index (χ2n) is 18.7. The first-order chi connectivity index (χ1) is 26.7. The van der Waals surface area contributed by atoms with Crippen LogP contribution in [0.4, 0.5) is 11.4 Å². The van der Waals surface area contributed by atoms with Crippen LogP contribution in [-0.4, -0.2) is 74.7 Å². The number of aliphatic hydroxyl groups excluding tert-OH is 2. The van der Waals surface area contributed by atoms with Crippen LogP contribution in [0.15, 0.2) is 0 Å². The van der Waals surface area contributed by atoms with Gasteiger partial charge in [-0.3, -0.25) is 14.4 Å². The standard InChI is InChI=1S/C42H59I3N2O11/c1-19(10-13-29(52)58-39(5,6)7)24-11-12-25-30-26(17-28(51)41(24,25)9)40(8)14-15-42(55,18-23(40)16-27(30)50)38(54)57-22(4)56-37(53)31-32(43)35(46-20(2)48)34(45)36(33(31)44)47-21(3)49/h19,22-28,30,50-51,55H,10-18H2,1-9H3,(H,46,48)(H,47,49). The van der Waals surface area contributed by atoms with Gasteiger partial charge in [-0.15, -0.1) is 0 Å². The topological polar surface area (TPSA) is 198 Å². The molecule has 4 fully saturated rings. The van der Waals surface area contributed by atoms with E-state index in [0.717, 1.165) is 12.8 Å². The second-order valence-corrected chi connectivity index (χ2v) is 22.0. The van der Waals surface area contributed by atoms with E-state index in [0.29, 0.717) is 54.2 Å². The number of amides is 2. The highest BCUT2D eigenvalue weighted by molar-refractivity contribution is 14.1. The zero-order chi connectivity index (χ0) is 43.4. The number of rotatable bonds is 10. The van der Waals surface area contributed by atoms with Crippen molar-refractivity contribution in [1.82, 2.24) is 0 Å². The smallest absolute Gasteiger partial charge is 0.343 e. The molecule has 1 aromatic carbocycles. The third kappa shape index (κ3) is 9.35. The van der Waals surface area contributed by atoms with E-state index in [1.165, 1.54) is 20.8 Å². The number of hydrogen-bond donors (Lipinski definition) is 5. The number of carbonyl (C=O) groups excluding carboxylic acids is 5. The molecule has 13 nitrogen and oxygen atoms in total. The SMILES string of the molecule is CC(=O)Nc1c(I)c(NC(C)=O)c(I)c(C(=O)OC(C)OC(=O)C2(O)CCC3(C)C(CC(O)C4C3CC(O)C3(C)C(C(C)CCC(=O)OC(C)(C)C)CCC43)C2)c1I. The molecule has 12 unspecified atom stereocenters. The minimum absolute atomic E-state index is 0.0192. The molecule has 0 radical (unpaired) electrons. The first-order valence-corrected chi connectivity index (χ1v) is 23.5. The summed E-state index contributed by atoms with van der Waals surface area (Å²) in [5.74, 6) is -2.60. The van der Waals surface area contributed by atoms with Crippen molar-refractivity contribution in [3.05, 3.63) is 16.3 Å². The fourth-order valence-corrected chi connectivity index (χ4v) is 15.3. The van der Waals surface area contributed by atoms with Gasteiger partial charge in [-0.1, -0.05) is 20.8 Å². The zero-order valence-corrected chi connectivity index (χ0v) is 41.3. The number of nitrogens with one attached hydrogen (secondary N) is 2. The van der Waals surface area contributed by atoms with Gasteiger partial charge in [-0.05, 0) is 186 Å². The van der Waals surface area contributed by atoms with Crippen LogP contribution in [-0.2, 0) is 33.4 Å². The van der Waals surface area contributed by atoms with Crippen molar-refractivity contribution in [3.63, 3.8) is 0 Å². The Balaban J connectivity index is 1.27. The molecule has 1 aromatic rings. The molecule has 0 bridgehead atoms. The van der Waals surface area contributed by atoms with Crippen LogP contribution in [0.3, 0.4) is 0 Å². The molecule has 0 aliphatic heterocycles. The number of anilines is 2. The van der Waals surface area contributed by atoms with Crippen molar-refractivity contribution in [2.24, 2.45) is 46.3 Å². The van der Waals surface area contributed by atoms with Crippen molar-refractivity contribution < 1.29 is 53.5 Å². The summed E-state index contributed by atoms with van der Waals surface area (Å²) in [7, 11) is 0. The van der Waals surface area contributed by atoms with Gasteiger partial charge in [0.25, 0.3) is 0 Å². The van der Waals surface area contributed by atoms with Crippen LogP contribution in [0.25, 0.3) is 0 Å². The van der Waals surface area contributed by atoms with E-state index in [9.17, 15) is 39.3 Å². The van der Waals surface area contributed by atoms with E-state index < -0.39 is 47.1 Å². The molecule has 5 rings (SSSR count). The summed E-state index contributed by atoms with van der Waals surface area (Å²) in [5.41, 5.74) is -2.51. The van der Waals surface area contributed by atoms with E-state index >= 15 is 0 Å². The van der Waals surface area contributed by atoms with Gasteiger partial charge in [0.2, 0.25) is 18.1 Å². The third-order valence-corrected chi connectivity index (χ3v) is 17.1. The number of aliphatic hydroxyl groups is 3. The normalized spacial score (nSPS) is 34.0. The third-order valence-electron chi connectivity index (χ3n) is 13.9. The fraction of sp³-hybridized carbons (Fsp3) is 0.738. The van der Waals surface area contributed by atoms with Gasteiger partial charge in [0.15, 0.2) is 5.60 Å². The van der Waals surface area contributed by atoms with Crippen molar-refractivity contribution in [2.75, 3.05) is 10.6 Å². The van der Waals surface area contributed by atoms with Crippen molar-refractivity contribution >= 4 is 109 Å². The van der Waals surface area contributed by atoms with E-state index in [1.807, 2.05) is 88.5 Å². The molecular weight excluding hydrogens is 1090 g/mol. The minimum Gasteiger partial charge on any atom is -0.460 e. The van der Waals surface area contributed by atoms with E-state index in [1.54, 1.807) is 0 Å². The van der Waals surface area contributed by atoms with Crippen LogP contribution >= 0.6 is 67.8 Å². The highest BCUT2D eigenvalue weighted by Gasteiger charge is 2.67. The number of fused-ring (bicyclic) bond motifs is 5. The quantitative estimate of drug-likeness (QED) is 0.0881. The first-order valence-electron chi connectivity index (χ1n) is 20.2. The molecule has 4 saturated carbocycles. The molecule has 5 N–H and O–H groups in total. The lowest BCUT2D eigenvalue weighted by molar-refractivity contribution is -0.225. The number of hydrogen-bond acceptors (Lipinski definition) is 11. The largest absolute Gasteiger partial charge is 0.460 e. The first kappa shape index (κ1) is 47.7. The van der Waals surface area contributed by atoms with Gasteiger partial charge < -0.3 is 40.2 Å². The van der Waals surface area contributed by atoms with Crippen LogP contribution in [0.5, 0.6) is 0 Å². The maximum Gasteiger partial charge on any atom is 0.343 e. The number of benzene rings is 1. The lowest BCUT2D eigenvalue weighted by Gasteiger charge is -2.64. The Hall–Kier alpha value is -1.36. The summed E-state index contributed by atoms with van der Waals surface area (Å²) >= 11 is 5.82. The summed E-state index contributed by atoms with van der Waals surface area (Å²) in [6.07, 6.45) is 1.64. The summed E-state index contributed by atoms with van der Waals surface area (Å²) in [6.45, 7) is 16.1. The summed E-state index contributed by atoms with van der Waals surface area (Å²) in [5, 5.41) is 41.3. The molecule has 4 aliphatic carbocycles. The molecule has 16 heteroatoms. The molecule has 0 saturated heterocycles. The molecule has 0 aromatic heterocycles. The van der Waals surface area contributed by atoms with Crippen LogP contribution < -0.4 is 10.6 Å². The summed E-state index contributed by atoms with van der Waals surface area (Å²) < 4.78 is 18.0. The van der Waals surface area contributed by atoms with Gasteiger partial charge in [-0.25, -0.2) is 9.59 Å². The predicted molar refractivity (Wildman–Crippen MR) is 241 cm³/mol. The highest BCUT2D eigenvalue weighted by atomic mass is 127. The Morgan fingerprint density at radius 2 is 1.45 bits per heavy atom.